The number of rotatable bonds is 5. The zero-order valence-corrected chi connectivity index (χ0v) is 13.4. The maximum atomic E-state index is 12.0. The maximum absolute atomic E-state index is 12.0. The van der Waals surface area contributed by atoms with Crippen LogP contribution in [0.2, 0.25) is 0 Å². The summed E-state index contributed by atoms with van der Waals surface area (Å²) >= 11 is 0. The molecule has 0 radical (unpaired) electrons. The van der Waals surface area contributed by atoms with E-state index in [9.17, 15) is 9.90 Å². The van der Waals surface area contributed by atoms with Crippen molar-refractivity contribution in [3.05, 3.63) is 23.8 Å². The average Bonchev–Trinajstić information content (AvgIpc) is 2.48. The highest BCUT2D eigenvalue weighted by Crippen LogP contribution is 2.24. The van der Waals surface area contributed by atoms with Crippen molar-refractivity contribution in [2.24, 2.45) is 5.92 Å². The zero-order valence-electron chi connectivity index (χ0n) is 13.4. The first-order chi connectivity index (χ1) is 10.6. The summed E-state index contributed by atoms with van der Waals surface area (Å²) in [6.07, 6.45) is 3.56. The Morgan fingerprint density at radius 3 is 2.91 bits per heavy atom. The number of hydrogen-bond acceptors (Lipinski definition) is 3. The second kappa shape index (κ2) is 8.03. The molecule has 2 unspecified atom stereocenters. The van der Waals surface area contributed by atoms with Crippen LogP contribution in [-0.2, 0) is 0 Å². The minimum Gasteiger partial charge on any atom is -0.494 e. The van der Waals surface area contributed by atoms with Gasteiger partial charge in [0.15, 0.2) is 0 Å². The summed E-state index contributed by atoms with van der Waals surface area (Å²) in [6, 6.07) is 5.41. The molecular formula is C17H26N2O3. The number of anilines is 1. The first-order valence-corrected chi connectivity index (χ1v) is 8.05. The molecule has 3 N–H and O–H groups in total. The Labute approximate surface area is 132 Å². The van der Waals surface area contributed by atoms with E-state index in [-0.39, 0.29) is 12.1 Å². The number of benzene rings is 1. The summed E-state index contributed by atoms with van der Waals surface area (Å²) < 4.78 is 5.43. The summed E-state index contributed by atoms with van der Waals surface area (Å²) in [4.78, 5) is 12.0. The van der Waals surface area contributed by atoms with Crippen LogP contribution in [0.3, 0.4) is 0 Å². The SMILES string of the molecule is CCOc1ccc(NC(=O)NCC2CCCC(O)C2)c(C)c1. The Morgan fingerprint density at radius 1 is 1.41 bits per heavy atom. The Balaban J connectivity index is 1.81. The van der Waals surface area contributed by atoms with Gasteiger partial charge in [0, 0.05) is 12.2 Å². The van der Waals surface area contributed by atoms with E-state index in [1.54, 1.807) is 0 Å². The topological polar surface area (TPSA) is 70.6 Å². The number of aliphatic hydroxyl groups excluding tert-OH is 1. The van der Waals surface area contributed by atoms with Crippen LogP contribution in [-0.4, -0.2) is 30.4 Å². The molecule has 1 aliphatic rings. The lowest BCUT2D eigenvalue weighted by Crippen LogP contribution is -2.35. The highest BCUT2D eigenvalue weighted by molar-refractivity contribution is 5.90. The quantitative estimate of drug-likeness (QED) is 0.783. The minimum atomic E-state index is -0.211. The number of amides is 2. The molecule has 5 heteroatoms. The molecular weight excluding hydrogens is 280 g/mol. The van der Waals surface area contributed by atoms with Crippen LogP contribution >= 0.6 is 0 Å². The second-order valence-corrected chi connectivity index (χ2v) is 5.93. The van der Waals surface area contributed by atoms with Gasteiger partial charge in [-0.05, 0) is 62.8 Å². The van der Waals surface area contributed by atoms with E-state index in [0.717, 1.165) is 42.7 Å². The average molecular weight is 306 g/mol. The van der Waals surface area contributed by atoms with Crippen molar-refractivity contribution in [2.75, 3.05) is 18.5 Å². The number of urea groups is 1. The van der Waals surface area contributed by atoms with Gasteiger partial charge in [0.2, 0.25) is 0 Å². The standard InChI is InChI=1S/C17H26N2O3/c1-3-22-15-7-8-16(12(2)9-15)19-17(21)18-11-13-5-4-6-14(20)10-13/h7-9,13-14,20H,3-6,10-11H2,1-2H3,(H2,18,19,21). The van der Waals surface area contributed by atoms with E-state index in [1.807, 2.05) is 32.0 Å². The molecule has 2 rings (SSSR count). The van der Waals surface area contributed by atoms with Gasteiger partial charge in [0.25, 0.3) is 0 Å². The number of carbonyl (C=O) groups excluding carboxylic acids is 1. The van der Waals surface area contributed by atoms with Gasteiger partial charge >= 0.3 is 6.03 Å². The highest BCUT2D eigenvalue weighted by atomic mass is 16.5. The first kappa shape index (κ1) is 16.6. The van der Waals surface area contributed by atoms with Crippen LogP contribution < -0.4 is 15.4 Å². The van der Waals surface area contributed by atoms with E-state index in [0.29, 0.717) is 19.1 Å². The van der Waals surface area contributed by atoms with Gasteiger partial charge in [-0.25, -0.2) is 4.79 Å². The largest absolute Gasteiger partial charge is 0.494 e. The molecule has 2 amide bonds. The Kier molecular flexibility index (Phi) is 6.07. The Morgan fingerprint density at radius 2 is 2.23 bits per heavy atom. The Hall–Kier alpha value is -1.75. The molecule has 0 spiro atoms. The van der Waals surface area contributed by atoms with Crippen molar-refractivity contribution in [3.8, 4) is 5.75 Å². The molecule has 0 heterocycles. The predicted octanol–water partition coefficient (Wildman–Crippen LogP) is 3.07. The van der Waals surface area contributed by atoms with Crippen LogP contribution in [0.15, 0.2) is 18.2 Å². The molecule has 5 nitrogen and oxygen atoms in total. The fourth-order valence-corrected chi connectivity index (χ4v) is 2.88. The summed E-state index contributed by atoms with van der Waals surface area (Å²) in [7, 11) is 0. The molecule has 0 aliphatic heterocycles. The van der Waals surface area contributed by atoms with Gasteiger partial charge in [0.1, 0.15) is 5.75 Å². The maximum Gasteiger partial charge on any atom is 0.319 e. The molecule has 0 saturated heterocycles. The van der Waals surface area contributed by atoms with Crippen LogP contribution in [0.1, 0.15) is 38.2 Å². The lowest BCUT2D eigenvalue weighted by molar-refractivity contribution is 0.101. The summed E-state index contributed by atoms with van der Waals surface area (Å²) in [5.41, 5.74) is 1.75. The van der Waals surface area contributed by atoms with Crippen LogP contribution in [0.4, 0.5) is 10.5 Å². The molecule has 22 heavy (non-hydrogen) atoms. The van der Waals surface area contributed by atoms with Gasteiger partial charge in [-0.1, -0.05) is 6.42 Å². The molecule has 1 fully saturated rings. The van der Waals surface area contributed by atoms with Crippen LogP contribution in [0.5, 0.6) is 5.75 Å². The number of aryl methyl sites for hydroxylation is 1. The molecule has 0 aromatic heterocycles. The fourth-order valence-electron chi connectivity index (χ4n) is 2.88. The summed E-state index contributed by atoms with van der Waals surface area (Å²) in [5, 5.41) is 15.4. The van der Waals surface area contributed by atoms with Crippen molar-refractivity contribution in [2.45, 2.75) is 45.6 Å². The normalized spacial score (nSPS) is 21.2. The number of aliphatic hydroxyl groups is 1. The first-order valence-electron chi connectivity index (χ1n) is 8.05. The molecule has 1 aromatic carbocycles. The van der Waals surface area contributed by atoms with Crippen molar-refractivity contribution < 1.29 is 14.6 Å². The molecule has 1 aromatic rings. The van der Waals surface area contributed by atoms with Gasteiger partial charge in [-0.2, -0.15) is 0 Å². The summed E-state index contributed by atoms with van der Waals surface area (Å²) in [6.45, 7) is 5.12. The third kappa shape index (κ3) is 4.91. The molecule has 1 aliphatic carbocycles. The van der Waals surface area contributed by atoms with E-state index in [4.69, 9.17) is 4.74 Å². The second-order valence-electron chi connectivity index (χ2n) is 5.93. The van der Waals surface area contributed by atoms with Crippen molar-refractivity contribution >= 4 is 11.7 Å². The lowest BCUT2D eigenvalue weighted by atomic mass is 9.87. The van der Waals surface area contributed by atoms with Crippen LogP contribution in [0, 0.1) is 12.8 Å². The molecule has 122 valence electrons. The Bertz CT molecular complexity index is 505. The lowest BCUT2D eigenvalue weighted by Gasteiger charge is -2.26. The van der Waals surface area contributed by atoms with E-state index >= 15 is 0 Å². The van der Waals surface area contributed by atoms with Crippen molar-refractivity contribution in [1.82, 2.24) is 5.32 Å². The van der Waals surface area contributed by atoms with Gasteiger partial charge < -0.3 is 20.5 Å². The monoisotopic (exact) mass is 306 g/mol. The third-order valence-corrected chi connectivity index (χ3v) is 4.06. The summed E-state index contributed by atoms with van der Waals surface area (Å²) in [5.74, 6) is 1.18. The molecule has 1 saturated carbocycles. The third-order valence-electron chi connectivity index (χ3n) is 4.06. The number of hydrogen-bond donors (Lipinski definition) is 3. The van der Waals surface area contributed by atoms with E-state index < -0.39 is 0 Å². The zero-order chi connectivity index (χ0) is 15.9. The molecule has 2 atom stereocenters. The number of carbonyl (C=O) groups is 1. The van der Waals surface area contributed by atoms with Gasteiger partial charge in [-0.3, -0.25) is 0 Å². The van der Waals surface area contributed by atoms with Crippen LogP contribution in [0.25, 0.3) is 0 Å². The predicted molar refractivity (Wildman–Crippen MR) is 87.3 cm³/mol. The van der Waals surface area contributed by atoms with Crippen molar-refractivity contribution in [1.29, 1.82) is 0 Å². The molecule has 0 bridgehead atoms. The number of nitrogens with one attached hydrogen (secondary N) is 2. The highest BCUT2D eigenvalue weighted by Gasteiger charge is 2.20. The van der Waals surface area contributed by atoms with Crippen molar-refractivity contribution in [3.63, 3.8) is 0 Å². The van der Waals surface area contributed by atoms with Gasteiger partial charge in [-0.15, -0.1) is 0 Å². The van der Waals surface area contributed by atoms with Gasteiger partial charge in [0.05, 0.1) is 12.7 Å². The number of ether oxygens (including phenoxy) is 1. The van der Waals surface area contributed by atoms with E-state index in [2.05, 4.69) is 10.6 Å². The smallest absolute Gasteiger partial charge is 0.319 e. The fraction of sp³-hybridized carbons (Fsp3) is 0.588. The minimum absolute atomic E-state index is 0.202. The van der Waals surface area contributed by atoms with E-state index in [1.165, 1.54) is 0 Å².